The molecule has 0 saturated heterocycles. The molecule has 1 aromatic heterocycles. The molecule has 2 heterocycles. The Balaban J connectivity index is 2.11. The molecule has 16 heavy (non-hydrogen) atoms. The number of carbonyl (C=O) groups excluding carboxylic acids is 1. The van der Waals surface area contributed by atoms with E-state index in [0.717, 1.165) is 35.4 Å². The molecular weight excluding hydrogens is 202 g/mol. The van der Waals surface area contributed by atoms with Gasteiger partial charge in [-0.2, -0.15) is 0 Å². The summed E-state index contributed by atoms with van der Waals surface area (Å²) in [4.78, 5) is 11.7. The van der Waals surface area contributed by atoms with Crippen molar-refractivity contribution in [3.63, 3.8) is 0 Å². The van der Waals surface area contributed by atoms with Gasteiger partial charge in [-0.15, -0.1) is 0 Å². The second-order valence-electron chi connectivity index (χ2n) is 3.86. The molecule has 0 spiro atoms. The number of nitrogens with one attached hydrogen (secondary N) is 1. The van der Waals surface area contributed by atoms with E-state index in [-0.39, 0.29) is 5.91 Å². The highest BCUT2D eigenvalue weighted by Gasteiger charge is 2.17. The van der Waals surface area contributed by atoms with Crippen molar-refractivity contribution in [3.05, 3.63) is 47.7 Å². The molecule has 3 rings (SSSR count). The fourth-order valence-electron chi connectivity index (χ4n) is 2.01. The molecule has 0 unspecified atom stereocenters. The van der Waals surface area contributed by atoms with Gasteiger partial charge < -0.3 is 9.73 Å². The second kappa shape index (κ2) is 3.52. The summed E-state index contributed by atoms with van der Waals surface area (Å²) >= 11 is 0. The standard InChI is InChI=1S/C13H11NO2/c15-13-11-8-10(12-2-1-7-16-12)4-3-9(11)5-6-14-13/h1-4,7-8H,5-6H2,(H,14,15). The van der Waals surface area contributed by atoms with Gasteiger partial charge in [-0.3, -0.25) is 4.79 Å². The third-order valence-corrected chi connectivity index (χ3v) is 2.84. The number of furan rings is 1. The summed E-state index contributed by atoms with van der Waals surface area (Å²) in [7, 11) is 0. The van der Waals surface area contributed by atoms with Crippen LogP contribution in [0.25, 0.3) is 11.3 Å². The van der Waals surface area contributed by atoms with E-state index in [0.29, 0.717) is 0 Å². The van der Waals surface area contributed by atoms with Crippen molar-refractivity contribution in [2.24, 2.45) is 0 Å². The van der Waals surface area contributed by atoms with Crippen molar-refractivity contribution in [3.8, 4) is 11.3 Å². The first-order chi connectivity index (χ1) is 7.84. The summed E-state index contributed by atoms with van der Waals surface area (Å²) in [5, 5.41) is 2.84. The predicted molar refractivity (Wildman–Crippen MR) is 60.2 cm³/mol. The Bertz CT molecular complexity index is 529. The van der Waals surface area contributed by atoms with E-state index in [2.05, 4.69) is 5.32 Å². The molecule has 1 N–H and O–H groups in total. The van der Waals surface area contributed by atoms with Crippen LogP contribution in [-0.4, -0.2) is 12.5 Å². The Morgan fingerprint density at radius 3 is 3.00 bits per heavy atom. The minimum absolute atomic E-state index is 0.00894. The predicted octanol–water partition coefficient (Wildman–Crippen LogP) is 2.23. The van der Waals surface area contributed by atoms with Crippen LogP contribution in [0.2, 0.25) is 0 Å². The fraction of sp³-hybridized carbons (Fsp3) is 0.154. The van der Waals surface area contributed by atoms with Crippen molar-refractivity contribution in [2.45, 2.75) is 6.42 Å². The normalized spacial score (nSPS) is 14.4. The monoisotopic (exact) mass is 213 g/mol. The molecule has 80 valence electrons. The van der Waals surface area contributed by atoms with Gasteiger partial charge >= 0.3 is 0 Å². The minimum Gasteiger partial charge on any atom is -0.464 e. The molecule has 1 aliphatic rings. The molecule has 0 bridgehead atoms. The number of rotatable bonds is 1. The van der Waals surface area contributed by atoms with E-state index in [1.165, 1.54) is 0 Å². The number of fused-ring (bicyclic) bond motifs is 1. The van der Waals surface area contributed by atoms with E-state index in [4.69, 9.17) is 4.42 Å². The third-order valence-electron chi connectivity index (χ3n) is 2.84. The van der Waals surface area contributed by atoms with Crippen LogP contribution in [0.4, 0.5) is 0 Å². The van der Waals surface area contributed by atoms with Gasteiger partial charge in [0.15, 0.2) is 0 Å². The summed E-state index contributed by atoms with van der Waals surface area (Å²) in [6, 6.07) is 9.63. The van der Waals surface area contributed by atoms with Crippen molar-refractivity contribution in [1.29, 1.82) is 0 Å². The average molecular weight is 213 g/mol. The van der Waals surface area contributed by atoms with Gasteiger partial charge in [0.2, 0.25) is 0 Å². The molecule has 2 aromatic rings. The van der Waals surface area contributed by atoms with Crippen molar-refractivity contribution < 1.29 is 9.21 Å². The van der Waals surface area contributed by atoms with E-state index < -0.39 is 0 Å². The lowest BCUT2D eigenvalue weighted by molar-refractivity contribution is 0.0946. The molecule has 1 aromatic carbocycles. The summed E-state index contributed by atoms with van der Waals surface area (Å²) in [5.41, 5.74) is 2.82. The van der Waals surface area contributed by atoms with Crippen LogP contribution in [-0.2, 0) is 6.42 Å². The molecule has 0 radical (unpaired) electrons. The van der Waals surface area contributed by atoms with Gasteiger partial charge in [0.05, 0.1) is 6.26 Å². The van der Waals surface area contributed by atoms with Crippen molar-refractivity contribution in [1.82, 2.24) is 5.32 Å². The Morgan fingerprint density at radius 2 is 2.19 bits per heavy atom. The highest BCUT2D eigenvalue weighted by Crippen LogP contribution is 2.24. The second-order valence-corrected chi connectivity index (χ2v) is 3.86. The number of amides is 1. The van der Waals surface area contributed by atoms with Crippen LogP contribution < -0.4 is 5.32 Å². The minimum atomic E-state index is 0.00894. The van der Waals surface area contributed by atoms with Crippen LogP contribution in [0.5, 0.6) is 0 Å². The highest BCUT2D eigenvalue weighted by atomic mass is 16.3. The van der Waals surface area contributed by atoms with Crippen LogP contribution in [0, 0.1) is 0 Å². The van der Waals surface area contributed by atoms with Gasteiger partial charge in [-0.25, -0.2) is 0 Å². The van der Waals surface area contributed by atoms with Gasteiger partial charge in [0.1, 0.15) is 5.76 Å². The SMILES string of the molecule is O=C1NCCc2ccc(-c3ccco3)cc21. The maximum atomic E-state index is 11.7. The van der Waals surface area contributed by atoms with Crippen LogP contribution in [0.15, 0.2) is 41.0 Å². The van der Waals surface area contributed by atoms with Gasteiger partial charge in [0.25, 0.3) is 5.91 Å². The fourth-order valence-corrected chi connectivity index (χ4v) is 2.01. The molecule has 3 nitrogen and oxygen atoms in total. The lowest BCUT2D eigenvalue weighted by atomic mass is 9.97. The molecule has 0 atom stereocenters. The molecular formula is C13H11NO2. The highest BCUT2D eigenvalue weighted by molar-refractivity contribution is 5.97. The summed E-state index contributed by atoms with van der Waals surface area (Å²) in [6.45, 7) is 0.728. The zero-order valence-electron chi connectivity index (χ0n) is 8.69. The summed E-state index contributed by atoms with van der Waals surface area (Å²) in [6.07, 6.45) is 2.54. The smallest absolute Gasteiger partial charge is 0.251 e. The van der Waals surface area contributed by atoms with E-state index in [1.54, 1.807) is 6.26 Å². The summed E-state index contributed by atoms with van der Waals surface area (Å²) in [5.74, 6) is 0.802. The zero-order chi connectivity index (χ0) is 11.0. The Labute approximate surface area is 93.1 Å². The van der Waals surface area contributed by atoms with Gasteiger partial charge in [-0.1, -0.05) is 12.1 Å². The topological polar surface area (TPSA) is 42.2 Å². The van der Waals surface area contributed by atoms with Crippen molar-refractivity contribution >= 4 is 5.91 Å². The van der Waals surface area contributed by atoms with E-state index >= 15 is 0 Å². The maximum absolute atomic E-state index is 11.7. The number of hydrogen-bond donors (Lipinski definition) is 1. The molecule has 3 heteroatoms. The number of carbonyl (C=O) groups is 1. The largest absolute Gasteiger partial charge is 0.464 e. The van der Waals surface area contributed by atoms with Crippen LogP contribution >= 0.6 is 0 Å². The first kappa shape index (κ1) is 9.21. The lowest BCUT2D eigenvalue weighted by Crippen LogP contribution is -2.31. The van der Waals surface area contributed by atoms with Crippen molar-refractivity contribution in [2.75, 3.05) is 6.54 Å². The van der Waals surface area contributed by atoms with E-state index in [9.17, 15) is 4.79 Å². The Hall–Kier alpha value is -2.03. The summed E-state index contributed by atoms with van der Waals surface area (Å²) < 4.78 is 5.31. The first-order valence-electron chi connectivity index (χ1n) is 5.29. The molecule has 1 aliphatic heterocycles. The quantitative estimate of drug-likeness (QED) is 0.789. The maximum Gasteiger partial charge on any atom is 0.251 e. The van der Waals surface area contributed by atoms with Crippen LogP contribution in [0.3, 0.4) is 0 Å². The molecule has 0 fully saturated rings. The zero-order valence-corrected chi connectivity index (χ0v) is 8.69. The van der Waals surface area contributed by atoms with Crippen LogP contribution in [0.1, 0.15) is 15.9 Å². The molecule has 1 amide bonds. The van der Waals surface area contributed by atoms with Gasteiger partial charge in [-0.05, 0) is 30.2 Å². The van der Waals surface area contributed by atoms with E-state index in [1.807, 2.05) is 30.3 Å². The van der Waals surface area contributed by atoms with Gasteiger partial charge in [0, 0.05) is 17.7 Å². The number of hydrogen-bond acceptors (Lipinski definition) is 2. The molecule has 0 aliphatic carbocycles. The first-order valence-corrected chi connectivity index (χ1v) is 5.29. The average Bonchev–Trinajstić information content (AvgIpc) is 2.83. The Kier molecular flexibility index (Phi) is 2.03. The third kappa shape index (κ3) is 1.41. The Morgan fingerprint density at radius 1 is 1.25 bits per heavy atom. The lowest BCUT2D eigenvalue weighted by Gasteiger charge is -2.16. The number of benzene rings is 1. The molecule has 0 saturated carbocycles.